The molecule has 1 saturated heterocycles. The Morgan fingerprint density at radius 3 is 2.48 bits per heavy atom. The molecule has 9 heteroatoms. The van der Waals surface area contributed by atoms with Crippen LogP contribution in [0.2, 0.25) is 0 Å². The van der Waals surface area contributed by atoms with Gasteiger partial charge in [0.05, 0.1) is 20.0 Å². The molecule has 0 saturated carbocycles. The van der Waals surface area contributed by atoms with Crippen LogP contribution in [0.25, 0.3) is 0 Å². The number of carbonyl (C=O) groups is 2. The molecule has 150 valence electrons. The molecule has 1 aromatic carbocycles. The van der Waals surface area contributed by atoms with E-state index in [1.807, 2.05) is 0 Å². The molecule has 1 aliphatic heterocycles. The summed E-state index contributed by atoms with van der Waals surface area (Å²) in [5.74, 6) is -1.15. The molecular weight excluding hydrogens is 371 g/mol. The van der Waals surface area contributed by atoms with Crippen LogP contribution >= 0.6 is 8.15 Å². The lowest BCUT2D eigenvalue weighted by Crippen LogP contribution is -2.39. The Morgan fingerprint density at radius 1 is 1.30 bits per heavy atom. The van der Waals surface area contributed by atoms with Gasteiger partial charge in [0.25, 0.3) is 5.91 Å². The van der Waals surface area contributed by atoms with Crippen molar-refractivity contribution < 1.29 is 29.4 Å². The van der Waals surface area contributed by atoms with Gasteiger partial charge in [-0.05, 0) is 57.0 Å². The molecule has 5 N–H and O–H groups in total. The van der Waals surface area contributed by atoms with E-state index in [4.69, 9.17) is 9.63 Å². The highest BCUT2D eigenvalue weighted by Crippen LogP contribution is 2.49. The Hall–Kier alpha value is -1.73. The number of carboxylic acid groups (broad SMARTS) is 1. The van der Waals surface area contributed by atoms with Crippen LogP contribution in [0.5, 0.6) is 5.75 Å². The number of rotatable bonds is 7. The van der Waals surface area contributed by atoms with Crippen molar-refractivity contribution in [3.63, 3.8) is 0 Å². The average Bonchev–Trinajstić information content (AvgIpc) is 2.63. The zero-order valence-corrected chi connectivity index (χ0v) is 16.6. The van der Waals surface area contributed by atoms with Gasteiger partial charge < -0.3 is 30.5 Å². The number of amides is 1. The van der Waals surface area contributed by atoms with E-state index >= 15 is 0 Å². The Balaban J connectivity index is 1.91. The van der Waals surface area contributed by atoms with Crippen molar-refractivity contribution in [3.8, 4) is 5.75 Å². The summed E-state index contributed by atoms with van der Waals surface area (Å²) in [7, 11) is 0.613. The Bertz CT molecular complexity index is 675. The minimum atomic E-state index is -1.17. The second-order valence-corrected chi connectivity index (χ2v) is 8.77. The van der Waals surface area contributed by atoms with Gasteiger partial charge in [-0.1, -0.05) is 0 Å². The first-order chi connectivity index (χ1) is 12.7. The summed E-state index contributed by atoms with van der Waals surface area (Å²) in [6, 6.07) is 3.18. The topological polar surface area (TPSA) is 128 Å². The average molecular weight is 398 g/mol. The summed E-state index contributed by atoms with van der Waals surface area (Å²) in [5.41, 5.74) is 1.63. The van der Waals surface area contributed by atoms with E-state index in [1.54, 1.807) is 33.0 Å². The standard InChI is InChI=1S/C18H27N2O6P/c1-10-6-12(7-11(2)16(10)22)17(23)20-8-13(21)9-27-15(19-3)5-4-14(26-27)18(24)25/h6-7,13-15,19,21-22H,4-5,8-9H2,1-3H3,(H,20,23)(H,24,25). The summed E-state index contributed by atoms with van der Waals surface area (Å²) in [6.07, 6.45) is -0.303. The maximum absolute atomic E-state index is 12.3. The molecule has 1 amide bonds. The lowest BCUT2D eigenvalue weighted by Gasteiger charge is -2.35. The highest BCUT2D eigenvalue weighted by Gasteiger charge is 2.35. The van der Waals surface area contributed by atoms with Crippen LogP contribution in [-0.4, -0.2) is 64.9 Å². The number of phenolic OH excluding ortho intramolecular Hbond substituents is 1. The van der Waals surface area contributed by atoms with Crippen LogP contribution < -0.4 is 10.6 Å². The van der Waals surface area contributed by atoms with Gasteiger partial charge in [-0.15, -0.1) is 0 Å². The predicted molar refractivity (Wildman–Crippen MR) is 102 cm³/mol. The second-order valence-electron chi connectivity index (χ2n) is 6.74. The van der Waals surface area contributed by atoms with Gasteiger partial charge in [0.2, 0.25) is 0 Å². The number of hydrogen-bond donors (Lipinski definition) is 5. The molecule has 1 heterocycles. The number of aromatic hydroxyl groups is 1. The van der Waals surface area contributed by atoms with Crippen LogP contribution in [0.3, 0.4) is 0 Å². The van der Waals surface area contributed by atoms with Gasteiger partial charge in [-0.3, -0.25) is 4.79 Å². The van der Waals surface area contributed by atoms with Crippen molar-refractivity contribution in [1.29, 1.82) is 0 Å². The highest BCUT2D eigenvalue weighted by atomic mass is 31.1. The van der Waals surface area contributed by atoms with Crippen LogP contribution in [0.15, 0.2) is 12.1 Å². The van der Waals surface area contributed by atoms with E-state index in [-0.39, 0.29) is 30.1 Å². The van der Waals surface area contributed by atoms with Gasteiger partial charge in [-0.25, -0.2) is 4.79 Å². The second kappa shape index (κ2) is 9.46. The summed E-state index contributed by atoms with van der Waals surface area (Å²) < 4.78 is 5.66. The van der Waals surface area contributed by atoms with Crippen molar-refractivity contribution in [2.24, 2.45) is 0 Å². The smallest absolute Gasteiger partial charge is 0.333 e. The molecule has 1 aromatic rings. The number of aliphatic carboxylic acids is 1. The Morgan fingerprint density at radius 2 is 1.93 bits per heavy atom. The molecule has 27 heavy (non-hydrogen) atoms. The maximum Gasteiger partial charge on any atom is 0.333 e. The van der Waals surface area contributed by atoms with Crippen LogP contribution in [0, 0.1) is 13.8 Å². The number of phenols is 1. The normalized spacial score (nSPS) is 23.6. The Kier molecular flexibility index (Phi) is 7.56. The highest BCUT2D eigenvalue weighted by molar-refractivity contribution is 7.53. The largest absolute Gasteiger partial charge is 0.507 e. The van der Waals surface area contributed by atoms with E-state index in [1.165, 1.54) is 0 Å². The van der Waals surface area contributed by atoms with Crippen molar-refractivity contribution in [3.05, 3.63) is 28.8 Å². The number of carboxylic acids is 1. The molecule has 1 fully saturated rings. The van der Waals surface area contributed by atoms with Crippen molar-refractivity contribution in [2.75, 3.05) is 19.8 Å². The van der Waals surface area contributed by atoms with Gasteiger partial charge in [-0.2, -0.15) is 0 Å². The summed E-state index contributed by atoms with van der Waals surface area (Å²) >= 11 is 0. The zero-order valence-electron chi connectivity index (χ0n) is 15.7. The van der Waals surface area contributed by atoms with Gasteiger partial charge in [0.15, 0.2) is 6.10 Å². The summed E-state index contributed by atoms with van der Waals surface area (Å²) in [6.45, 7) is 3.47. The van der Waals surface area contributed by atoms with Crippen LogP contribution in [-0.2, 0) is 9.32 Å². The molecular formula is C18H27N2O6P. The van der Waals surface area contributed by atoms with Crippen molar-refractivity contribution >= 4 is 20.0 Å². The van der Waals surface area contributed by atoms with Crippen molar-refractivity contribution in [1.82, 2.24) is 10.6 Å². The number of hydrogen-bond acceptors (Lipinski definition) is 6. The molecule has 1 aliphatic rings. The zero-order chi connectivity index (χ0) is 20.1. The summed E-state index contributed by atoms with van der Waals surface area (Å²) in [5, 5.41) is 35.0. The first kappa shape index (κ1) is 21.6. The monoisotopic (exact) mass is 398 g/mol. The lowest BCUT2D eigenvalue weighted by molar-refractivity contribution is -0.145. The number of nitrogens with one attached hydrogen (secondary N) is 2. The third-order valence-electron chi connectivity index (χ3n) is 4.56. The maximum atomic E-state index is 12.3. The minimum Gasteiger partial charge on any atom is -0.507 e. The first-order valence-electron chi connectivity index (χ1n) is 8.82. The molecule has 8 nitrogen and oxygen atoms in total. The predicted octanol–water partition coefficient (Wildman–Crippen LogP) is 1.31. The molecule has 0 aliphatic carbocycles. The fourth-order valence-electron chi connectivity index (χ4n) is 3.04. The molecule has 4 atom stereocenters. The van der Waals surface area contributed by atoms with Crippen molar-refractivity contribution in [2.45, 2.75) is 44.7 Å². The quantitative estimate of drug-likeness (QED) is 0.438. The SMILES string of the molecule is CNC1CCC(C(=O)O)OP1CC(O)CNC(=O)c1cc(C)c(O)c(C)c1. The van der Waals surface area contributed by atoms with E-state index in [9.17, 15) is 19.8 Å². The van der Waals surface area contributed by atoms with E-state index in [0.717, 1.165) is 0 Å². The fourth-order valence-corrected chi connectivity index (χ4v) is 5.32. The van der Waals surface area contributed by atoms with Gasteiger partial charge >= 0.3 is 5.97 Å². The van der Waals surface area contributed by atoms with Gasteiger partial charge in [0.1, 0.15) is 5.75 Å². The summed E-state index contributed by atoms with van der Waals surface area (Å²) in [4.78, 5) is 23.5. The molecule has 0 radical (unpaired) electrons. The molecule has 0 bridgehead atoms. The third-order valence-corrected chi connectivity index (χ3v) is 7.08. The fraction of sp³-hybridized carbons (Fsp3) is 0.556. The minimum absolute atomic E-state index is 0.0170. The number of aliphatic hydroxyl groups is 1. The lowest BCUT2D eigenvalue weighted by atomic mass is 10.1. The van der Waals surface area contributed by atoms with Crippen LogP contribution in [0.4, 0.5) is 0 Å². The van der Waals surface area contributed by atoms with E-state index < -0.39 is 26.3 Å². The molecule has 0 spiro atoms. The van der Waals surface area contributed by atoms with Gasteiger partial charge in [0, 0.05) is 18.3 Å². The molecule has 4 unspecified atom stereocenters. The number of aliphatic hydroxyl groups excluding tert-OH is 1. The molecule has 2 rings (SSSR count). The van der Waals surface area contributed by atoms with E-state index in [0.29, 0.717) is 29.5 Å². The number of aryl methyl sites for hydroxylation is 2. The third kappa shape index (κ3) is 5.62. The van der Waals surface area contributed by atoms with Crippen LogP contribution in [0.1, 0.15) is 34.3 Å². The first-order valence-corrected chi connectivity index (χ1v) is 10.3. The number of benzene rings is 1. The molecule has 0 aromatic heterocycles. The Labute approximate surface area is 159 Å². The number of carbonyl (C=O) groups excluding carboxylic acids is 1. The van der Waals surface area contributed by atoms with E-state index in [2.05, 4.69) is 10.6 Å².